The molecule has 0 aromatic heterocycles. The molecule has 0 saturated carbocycles. The van der Waals surface area contributed by atoms with Crippen molar-refractivity contribution in [1.29, 1.82) is 0 Å². The van der Waals surface area contributed by atoms with Crippen LogP contribution in [0, 0.1) is 13.8 Å². The zero-order chi connectivity index (χ0) is 14.8. The van der Waals surface area contributed by atoms with Gasteiger partial charge in [0, 0.05) is 18.3 Å². The standard InChI is InChI=1S/C14H24N2O2S/c1-6-12(5)16(7-2)19(17,18)14-10(3)8-13(15)9-11(14)4/h8-9,12H,6-7,15H2,1-5H3. The van der Waals surface area contributed by atoms with Crippen LogP contribution in [0.2, 0.25) is 0 Å². The molecule has 1 aromatic carbocycles. The van der Waals surface area contributed by atoms with Crippen LogP contribution in [0.3, 0.4) is 0 Å². The summed E-state index contributed by atoms with van der Waals surface area (Å²) in [5.74, 6) is 0. The zero-order valence-electron chi connectivity index (χ0n) is 12.4. The maximum Gasteiger partial charge on any atom is 0.243 e. The molecule has 1 atom stereocenters. The fourth-order valence-electron chi connectivity index (χ4n) is 2.43. The summed E-state index contributed by atoms with van der Waals surface area (Å²) in [6.45, 7) is 9.85. The molecule has 5 heteroatoms. The highest BCUT2D eigenvalue weighted by molar-refractivity contribution is 7.89. The maximum absolute atomic E-state index is 12.8. The first-order valence-corrected chi connectivity index (χ1v) is 8.08. The molecule has 108 valence electrons. The molecule has 4 nitrogen and oxygen atoms in total. The molecule has 0 fully saturated rings. The van der Waals surface area contributed by atoms with Crippen LogP contribution in [0.5, 0.6) is 0 Å². The van der Waals surface area contributed by atoms with Gasteiger partial charge in [-0.3, -0.25) is 0 Å². The van der Waals surface area contributed by atoms with Gasteiger partial charge in [-0.15, -0.1) is 0 Å². The summed E-state index contributed by atoms with van der Waals surface area (Å²) in [6, 6.07) is 3.42. The van der Waals surface area contributed by atoms with Gasteiger partial charge in [0.1, 0.15) is 0 Å². The van der Waals surface area contributed by atoms with E-state index in [1.165, 1.54) is 0 Å². The van der Waals surface area contributed by atoms with E-state index in [0.717, 1.165) is 6.42 Å². The molecule has 19 heavy (non-hydrogen) atoms. The van der Waals surface area contributed by atoms with Crippen LogP contribution in [-0.2, 0) is 10.0 Å². The van der Waals surface area contributed by atoms with Gasteiger partial charge in [0.2, 0.25) is 10.0 Å². The number of benzene rings is 1. The second kappa shape index (κ2) is 5.92. The molecule has 0 heterocycles. The first-order valence-electron chi connectivity index (χ1n) is 6.64. The van der Waals surface area contributed by atoms with Crippen molar-refractivity contribution < 1.29 is 8.42 Å². The summed E-state index contributed by atoms with van der Waals surface area (Å²) < 4.78 is 27.2. The number of hydrogen-bond donors (Lipinski definition) is 1. The lowest BCUT2D eigenvalue weighted by Gasteiger charge is -2.28. The number of aryl methyl sites for hydroxylation is 2. The van der Waals surface area contributed by atoms with Gasteiger partial charge in [0.05, 0.1) is 4.90 Å². The van der Waals surface area contributed by atoms with Crippen molar-refractivity contribution in [2.24, 2.45) is 0 Å². The molecule has 0 bridgehead atoms. The lowest BCUT2D eigenvalue weighted by Crippen LogP contribution is -2.38. The average molecular weight is 284 g/mol. The fraction of sp³-hybridized carbons (Fsp3) is 0.571. The summed E-state index contributed by atoms with van der Waals surface area (Å²) in [5, 5.41) is 0. The minimum absolute atomic E-state index is 0.00801. The van der Waals surface area contributed by atoms with E-state index in [2.05, 4.69) is 0 Å². The molecule has 0 spiro atoms. The van der Waals surface area contributed by atoms with Crippen molar-refractivity contribution in [1.82, 2.24) is 4.31 Å². The Bertz CT molecular complexity index is 530. The molecular formula is C14H24N2O2S. The van der Waals surface area contributed by atoms with Crippen LogP contribution in [0.4, 0.5) is 5.69 Å². The minimum atomic E-state index is -3.46. The highest BCUT2D eigenvalue weighted by atomic mass is 32.2. The Labute approximate surface area is 116 Å². The number of nitrogens with two attached hydrogens (primary N) is 1. The topological polar surface area (TPSA) is 63.4 Å². The first kappa shape index (κ1) is 16.0. The van der Waals surface area contributed by atoms with E-state index >= 15 is 0 Å². The Morgan fingerprint density at radius 1 is 1.21 bits per heavy atom. The molecule has 1 unspecified atom stereocenters. The number of sulfonamides is 1. The quantitative estimate of drug-likeness (QED) is 0.846. The predicted octanol–water partition coefficient (Wildman–Crippen LogP) is 2.69. The van der Waals surface area contributed by atoms with Crippen molar-refractivity contribution in [2.45, 2.75) is 52.0 Å². The molecule has 0 amide bonds. The SMILES string of the molecule is CCC(C)N(CC)S(=O)(=O)c1c(C)cc(N)cc1C. The van der Waals surface area contributed by atoms with Crippen LogP contribution in [-0.4, -0.2) is 25.3 Å². The summed E-state index contributed by atoms with van der Waals surface area (Å²) in [7, 11) is -3.46. The summed E-state index contributed by atoms with van der Waals surface area (Å²) in [6.07, 6.45) is 0.792. The van der Waals surface area contributed by atoms with E-state index in [9.17, 15) is 8.42 Å². The molecule has 0 aliphatic carbocycles. The van der Waals surface area contributed by atoms with Gasteiger partial charge in [0.15, 0.2) is 0 Å². The van der Waals surface area contributed by atoms with Gasteiger partial charge < -0.3 is 5.73 Å². The molecule has 0 radical (unpaired) electrons. The summed E-state index contributed by atoms with van der Waals surface area (Å²) >= 11 is 0. The van der Waals surface area contributed by atoms with Crippen molar-refractivity contribution in [3.8, 4) is 0 Å². The number of hydrogen-bond acceptors (Lipinski definition) is 3. The second-order valence-corrected chi connectivity index (χ2v) is 6.78. The van der Waals surface area contributed by atoms with Gasteiger partial charge in [-0.05, 0) is 50.5 Å². The predicted molar refractivity (Wildman–Crippen MR) is 79.6 cm³/mol. The van der Waals surface area contributed by atoms with E-state index in [-0.39, 0.29) is 6.04 Å². The fourth-order valence-corrected chi connectivity index (χ4v) is 4.56. The average Bonchev–Trinajstić information content (AvgIpc) is 2.27. The van der Waals surface area contributed by atoms with Gasteiger partial charge in [-0.2, -0.15) is 4.31 Å². The van der Waals surface area contributed by atoms with Crippen LogP contribution in [0.1, 0.15) is 38.3 Å². The molecule has 1 rings (SSSR count). The number of rotatable bonds is 5. The lowest BCUT2D eigenvalue weighted by molar-refractivity contribution is 0.342. The normalized spacial score (nSPS) is 13.8. The minimum Gasteiger partial charge on any atom is -0.399 e. The Balaban J connectivity index is 3.42. The van der Waals surface area contributed by atoms with Crippen LogP contribution in [0.25, 0.3) is 0 Å². The highest BCUT2D eigenvalue weighted by Crippen LogP contribution is 2.27. The third-order valence-electron chi connectivity index (χ3n) is 3.44. The van der Waals surface area contributed by atoms with Crippen LogP contribution in [0.15, 0.2) is 17.0 Å². The third-order valence-corrected chi connectivity index (χ3v) is 5.84. The molecule has 0 saturated heterocycles. The Morgan fingerprint density at radius 2 is 1.68 bits per heavy atom. The molecule has 0 aliphatic rings. The van der Waals surface area contributed by atoms with Crippen LogP contribution < -0.4 is 5.73 Å². The Hall–Kier alpha value is -1.07. The van der Waals surface area contributed by atoms with Crippen molar-refractivity contribution in [2.75, 3.05) is 12.3 Å². The Morgan fingerprint density at radius 3 is 2.05 bits per heavy atom. The van der Waals surface area contributed by atoms with Gasteiger partial charge in [0.25, 0.3) is 0 Å². The van der Waals surface area contributed by atoms with Gasteiger partial charge in [-0.25, -0.2) is 8.42 Å². The Kier molecular flexibility index (Phi) is 4.98. The van der Waals surface area contributed by atoms with E-state index in [1.54, 1.807) is 30.3 Å². The van der Waals surface area contributed by atoms with Gasteiger partial charge in [-0.1, -0.05) is 13.8 Å². The largest absolute Gasteiger partial charge is 0.399 e. The monoisotopic (exact) mass is 284 g/mol. The zero-order valence-corrected chi connectivity index (χ0v) is 13.2. The van der Waals surface area contributed by atoms with Crippen molar-refractivity contribution in [3.05, 3.63) is 23.3 Å². The van der Waals surface area contributed by atoms with E-state index in [4.69, 9.17) is 5.73 Å². The van der Waals surface area contributed by atoms with E-state index in [1.807, 2.05) is 20.8 Å². The lowest BCUT2D eigenvalue weighted by atomic mass is 10.1. The van der Waals surface area contributed by atoms with Crippen molar-refractivity contribution >= 4 is 15.7 Å². The summed E-state index contributed by atoms with van der Waals surface area (Å²) in [4.78, 5) is 0.392. The molecule has 0 aliphatic heterocycles. The molecule has 2 N–H and O–H groups in total. The van der Waals surface area contributed by atoms with Crippen LogP contribution >= 0.6 is 0 Å². The summed E-state index contributed by atoms with van der Waals surface area (Å²) in [5.41, 5.74) is 7.77. The number of nitrogens with zero attached hydrogens (tertiary/aromatic N) is 1. The van der Waals surface area contributed by atoms with Gasteiger partial charge >= 0.3 is 0 Å². The highest BCUT2D eigenvalue weighted by Gasteiger charge is 2.29. The maximum atomic E-state index is 12.8. The smallest absolute Gasteiger partial charge is 0.243 e. The molecular weight excluding hydrogens is 260 g/mol. The van der Waals surface area contributed by atoms with E-state index < -0.39 is 10.0 Å². The van der Waals surface area contributed by atoms with E-state index in [0.29, 0.717) is 28.3 Å². The molecule has 1 aromatic rings. The number of anilines is 1. The third kappa shape index (κ3) is 3.09. The number of nitrogen functional groups attached to an aromatic ring is 1. The second-order valence-electron chi connectivity index (χ2n) is 4.95. The first-order chi connectivity index (χ1) is 8.75. The van der Waals surface area contributed by atoms with Crippen molar-refractivity contribution in [3.63, 3.8) is 0 Å².